The lowest BCUT2D eigenvalue weighted by Crippen LogP contribution is -1.74. The van der Waals surface area contributed by atoms with Gasteiger partial charge in [-0.05, 0) is 12.0 Å². The highest BCUT2D eigenvalue weighted by molar-refractivity contribution is 5.39. The Hall–Kier alpha value is -1.18. The van der Waals surface area contributed by atoms with Gasteiger partial charge in [-0.2, -0.15) is 4.91 Å². The van der Waals surface area contributed by atoms with Crippen LogP contribution in [0.5, 0.6) is 0 Å². The van der Waals surface area contributed by atoms with Gasteiger partial charge >= 0.3 is 0 Å². The van der Waals surface area contributed by atoms with Crippen molar-refractivity contribution in [3.05, 3.63) is 40.9 Å². The molecule has 0 unspecified atom stereocenters. The molecule has 0 saturated heterocycles. The molecule has 10 heavy (non-hydrogen) atoms. The molecule has 0 N–H and O–H groups in total. The molecule has 0 aliphatic heterocycles. The number of allylic oxidation sites excluding steroid dienone is 5. The summed E-state index contributed by atoms with van der Waals surface area (Å²) in [4.78, 5) is 9.66. The van der Waals surface area contributed by atoms with Crippen LogP contribution in [0.25, 0.3) is 0 Å². The summed E-state index contributed by atoms with van der Waals surface area (Å²) in [5.74, 6) is 0. The first-order valence-electron chi connectivity index (χ1n) is 3.27. The topological polar surface area (TPSA) is 29.4 Å². The summed E-state index contributed by atoms with van der Waals surface area (Å²) >= 11 is 0. The van der Waals surface area contributed by atoms with E-state index in [1.165, 1.54) is 5.57 Å². The van der Waals surface area contributed by atoms with Gasteiger partial charge in [0.2, 0.25) is 0 Å². The van der Waals surface area contributed by atoms with Crippen molar-refractivity contribution < 1.29 is 0 Å². The smallest absolute Gasteiger partial charge is 0.0845 e. The Labute approximate surface area is 59.9 Å². The third-order valence-corrected chi connectivity index (χ3v) is 1.29. The van der Waals surface area contributed by atoms with Crippen molar-refractivity contribution in [1.82, 2.24) is 0 Å². The molecule has 0 fully saturated rings. The van der Waals surface area contributed by atoms with Crippen LogP contribution in [0.1, 0.15) is 6.42 Å². The Balaban J connectivity index is 2.33. The molecule has 0 amide bonds. The van der Waals surface area contributed by atoms with Gasteiger partial charge in [0.05, 0.1) is 6.54 Å². The minimum Gasteiger partial charge on any atom is -0.151 e. The molecule has 0 aromatic rings. The first-order valence-corrected chi connectivity index (χ1v) is 3.27. The second-order valence-corrected chi connectivity index (χ2v) is 2.06. The lowest BCUT2D eigenvalue weighted by molar-refractivity contribution is 0.994. The standard InChI is InChI=1S/C8H9NO/c10-9-7-3-6-8-4-1-2-5-8/h1-2,4-6H,3,7H2. The maximum absolute atomic E-state index is 9.66. The van der Waals surface area contributed by atoms with Crippen LogP contribution in [0, 0.1) is 4.91 Å². The Kier molecular flexibility index (Phi) is 2.62. The van der Waals surface area contributed by atoms with Crippen molar-refractivity contribution >= 4 is 0 Å². The van der Waals surface area contributed by atoms with Crippen LogP contribution < -0.4 is 0 Å². The van der Waals surface area contributed by atoms with Gasteiger partial charge in [-0.3, -0.25) is 0 Å². The van der Waals surface area contributed by atoms with Crippen LogP contribution in [0.3, 0.4) is 0 Å². The summed E-state index contributed by atoms with van der Waals surface area (Å²) in [5, 5.41) is 2.75. The fourth-order valence-corrected chi connectivity index (χ4v) is 0.809. The summed E-state index contributed by atoms with van der Waals surface area (Å²) in [7, 11) is 0. The molecule has 0 aromatic heterocycles. The molecular formula is C8H9NO. The Morgan fingerprint density at radius 2 is 2.10 bits per heavy atom. The number of rotatable bonds is 3. The van der Waals surface area contributed by atoms with Gasteiger partial charge in [-0.1, -0.05) is 35.6 Å². The molecule has 2 nitrogen and oxygen atoms in total. The van der Waals surface area contributed by atoms with Crippen molar-refractivity contribution in [2.45, 2.75) is 6.42 Å². The SMILES string of the molecule is O=NCCC=C1C=CC=C1. The third kappa shape index (κ3) is 1.97. The van der Waals surface area contributed by atoms with E-state index in [2.05, 4.69) is 5.18 Å². The average molecular weight is 135 g/mol. The van der Waals surface area contributed by atoms with Crippen LogP contribution >= 0.6 is 0 Å². The molecule has 0 bridgehead atoms. The average Bonchev–Trinajstić information content (AvgIpc) is 2.41. The minimum atomic E-state index is 0.380. The van der Waals surface area contributed by atoms with Crippen molar-refractivity contribution in [3.8, 4) is 0 Å². The molecule has 0 atom stereocenters. The number of hydrogen-bond donors (Lipinski definition) is 0. The lowest BCUT2D eigenvalue weighted by Gasteiger charge is -1.86. The maximum Gasteiger partial charge on any atom is 0.0845 e. The van der Waals surface area contributed by atoms with Gasteiger partial charge in [-0.15, -0.1) is 0 Å². The Bertz CT molecular complexity index is 187. The summed E-state index contributed by atoms with van der Waals surface area (Å²) < 4.78 is 0. The van der Waals surface area contributed by atoms with E-state index in [4.69, 9.17) is 0 Å². The van der Waals surface area contributed by atoms with E-state index < -0.39 is 0 Å². The molecule has 0 heterocycles. The van der Waals surface area contributed by atoms with Crippen LogP contribution in [0.15, 0.2) is 41.1 Å². The van der Waals surface area contributed by atoms with Crippen LogP contribution in [-0.4, -0.2) is 6.54 Å². The molecule has 1 rings (SSSR count). The van der Waals surface area contributed by atoms with Crippen molar-refractivity contribution in [1.29, 1.82) is 0 Å². The highest BCUT2D eigenvalue weighted by Crippen LogP contribution is 2.07. The monoisotopic (exact) mass is 135 g/mol. The van der Waals surface area contributed by atoms with Gasteiger partial charge in [0.25, 0.3) is 0 Å². The summed E-state index contributed by atoms with van der Waals surface area (Å²) in [6.45, 7) is 0.380. The lowest BCUT2D eigenvalue weighted by atomic mass is 10.2. The van der Waals surface area contributed by atoms with Crippen molar-refractivity contribution in [2.75, 3.05) is 6.54 Å². The minimum absolute atomic E-state index is 0.380. The molecule has 2 heteroatoms. The van der Waals surface area contributed by atoms with Crippen molar-refractivity contribution in [2.24, 2.45) is 5.18 Å². The molecule has 0 radical (unpaired) electrons. The zero-order valence-corrected chi connectivity index (χ0v) is 5.66. The fraction of sp³-hybridized carbons (Fsp3) is 0.250. The number of nitrogens with zero attached hydrogens (tertiary/aromatic N) is 1. The quantitative estimate of drug-likeness (QED) is 0.431. The van der Waals surface area contributed by atoms with E-state index in [1.807, 2.05) is 30.4 Å². The third-order valence-electron chi connectivity index (χ3n) is 1.29. The highest BCUT2D eigenvalue weighted by Gasteiger charge is 1.89. The second kappa shape index (κ2) is 3.77. The first-order chi connectivity index (χ1) is 4.93. The van der Waals surface area contributed by atoms with Gasteiger partial charge < -0.3 is 0 Å². The van der Waals surface area contributed by atoms with E-state index in [-0.39, 0.29) is 0 Å². The largest absolute Gasteiger partial charge is 0.151 e. The highest BCUT2D eigenvalue weighted by atomic mass is 16.3. The van der Waals surface area contributed by atoms with Gasteiger partial charge in [0, 0.05) is 0 Å². The van der Waals surface area contributed by atoms with Crippen LogP contribution in [0.4, 0.5) is 0 Å². The first kappa shape index (κ1) is 6.93. The van der Waals surface area contributed by atoms with E-state index in [1.54, 1.807) is 0 Å². The van der Waals surface area contributed by atoms with E-state index >= 15 is 0 Å². The number of nitroso groups, excluding NO2 is 1. The van der Waals surface area contributed by atoms with E-state index in [9.17, 15) is 4.91 Å². The molecule has 0 aromatic carbocycles. The fourth-order valence-electron chi connectivity index (χ4n) is 0.809. The predicted octanol–water partition coefficient (Wildman–Crippen LogP) is 2.20. The molecule has 0 saturated carbocycles. The second-order valence-electron chi connectivity index (χ2n) is 2.06. The van der Waals surface area contributed by atoms with Crippen LogP contribution in [-0.2, 0) is 0 Å². The van der Waals surface area contributed by atoms with Crippen LogP contribution in [0.2, 0.25) is 0 Å². The normalized spacial score (nSPS) is 14.2. The van der Waals surface area contributed by atoms with Gasteiger partial charge in [0.1, 0.15) is 0 Å². The molecule has 52 valence electrons. The van der Waals surface area contributed by atoms with E-state index in [0.29, 0.717) is 6.54 Å². The maximum atomic E-state index is 9.66. The predicted molar refractivity (Wildman–Crippen MR) is 41.6 cm³/mol. The molecule has 0 spiro atoms. The molecular weight excluding hydrogens is 126 g/mol. The molecule has 1 aliphatic carbocycles. The summed E-state index contributed by atoms with van der Waals surface area (Å²) in [5.41, 5.74) is 1.17. The zero-order chi connectivity index (χ0) is 7.23. The van der Waals surface area contributed by atoms with Gasteiger partial charge in [-0.25, -0.2) is 0 Å². The van der Waals surface area contributed by atoms with Crippen molar-refractivity contribution in [3.63, 3.8) is 0 Å². The summed E-state index contributed by atoms with van der Waals surface area (Å²) in [6.07, 6.45) is 10.7. The Morgan fingerprint density at radius 1 is 1.40 bits per heavy atom. The Morgan fingerprint density at radius 3 is 2.70 bits per heavy atom. The van der Waals surface area contributed by atoms with Gasteiger partial charge in [0.15, 0.2) is 0 Å². The number of hydrogen-bond acceptors (Lipinski definition) is 2. The summed E-state index contributed by atoms with van der Waals surface area (Å²) in [6, 6.07) is 0. The molecule has 1 aliphatic rings. The van der Waals surface area contributed by atoms with E-state index in [0.717, 1.165) is 6.42 Å². The zero-order valence-electron chi connectivity index (χ0n) is 5.66.